The zero-order valence-corrected chi connectivity index (χ0v) is 11.1. The number of aryl methyl sites for hydroxylation is 1. The number of hydrogen-bond acceptors (Lipinski definition) is 2. The number of nitrogens with zero attached hydrogens (tertiary/aromatic N) is 1. The van der Waals surface area contributed by atoms with Gasteiger partial charge in [0.1, 0.15) is 5.82 Å². The first-order valence-corrected chi connectivity index (χ1v) is 5.21. The highest BCUT2D eigenvalue weighted by molar-refractivity contribution is 5.94. The fraction of sp³-hybridized carbons (Fsp3) is 0.417. The Hall–Kier alpha value is -1.13. The third kappa shape index (κ3) is 3.41. The number of amides is 1. The van der Waals surface area contributed by atoms with Crippen molar-refractivity contribution in [1.29, 1.82) is 0 Å². The highest BCUT2D eigenvalue weighted by atomic mass is 35.5. The van der Waals surface area contributed by atoms with Crippen LogP contribution in [0.15, 0.2) is 18.2 Å². The summed E-state index contributed by atoms with van der Waals surface area (Å²) in [5, 5.41) is 0. The average molecular weight is 261 g/mol. The SMILES string of the molecule is Cc1cccc(C(=O)N(C)C(C)CN)c1F.Cl. The second-order valence-electron chi connectivity index (χ2n) is 3.94. The molecule has 0 heterocycles. The highest BCUT2D eigenvalue weighted by Gasteiger charge is 2.20. The van der Waals surface area contributed by atoms with Crippen LogP contribution in [-0.2, 0) is 0 Å². The fourth-order valence-electron chi connectivity index (χ4n) is 1.36. The summed E-state index contributed by atoms with van der Waals surface area (Å²) in [7, 11) is 1.63. The van der Waals surface area contributed by atoms with Crippen LogP contribution < -0.4 is 5.73 Å². The molecule has 1 unspecified atom stereocenters. The van der Waals surface area contributed by atoms with Crippen molar-refractivity contribution in [2.45, 2.75) is 19.9 Å². The van der Waals surface area contributed by atoms with Crippen LogP contribution in [0.25, 0.3) is 0 Å². The van der Waals surface area contributed by atoms with E-state index >= 15 is 0 Å². The maximum atomic E-state index is 13.7. The van der Waals surface area contributed by atoms with E-state index in [0.717, 1.165) is 0 Å². The van der Waals surface area contributed by atoms with Gasteiger partial charge >= 0.3 is 0 Å². The first-order chi connectivity index (χ1) is 7.49. The average Bonchev–Trinajstić information content (AvgIpc) is 2.29. The molecular formula is C12H18ClFN2O. The van der Waals surface area contributed by atoms with E-state index < -0.39 is 5.82 Å². The molecule has 1 aromatic rings. The second-order valence-corrected chi connectivity index (χ2v) is 3.94. The highest BCUT2D eigenvalue weighted by Crippen LogP contribution is 2.14. The Morgan fingerprint density at radius 3 is 2.65 bits per heavy atom. The Morgan fingerprint density at radius 2 is 2.12 bits per heavy atom. The zero-order valence-electron chi connectivity index (χ0n) is 10.2. The number of likely N-dealkylation sites (N-methyl/N-ethyl adjacent to an activating group) is 1. The lowest BCUT2D eigenvalue weighted by molar-refractivity contribution is 0.0743. The normalized spacial score (nSPS) is 11.6. The predicted octanol–water partition coefficient (Wildman–Crippen LogP) is 1.98. The molecule has 5 heteroatoms. The summed E-state index contributed by atoms with van der Waals surface area (Å²) in [6.45, 7) is 3.82. The van der Waals surface area contributed by atoms with Crippen molar-refractivity contribution >= 4 is 18.3 Å². The summed E-state index contributed by atoms with van der Waals surface area (Å²) >= 11 is 0. The van der Waals surface area contributed by atoms with Crippen LogP contribution >= 0.6 is 12.4 Å². The van der Waals surface area contributed by atoms with Crippen LogP contribution in [0.4, 0.5) is 4.39 Å². The van der Waals surface area contributed by atoms with Gasteiger partial charge < -0.3 is 10.6 Å². The molecule has 1 atom stereocenters. The molecule has 17 heavy (non-hydrogen) atoms. The standard InChI is InChI=1S/C12H17FN2O.ClH/c1-8-5-4-6-10(11(8)13)12(16)15(3)9(2)7-14;/h4-6,9H,7,14H2,1-3H3;1H. The molecule has 96 valence electrons. The van der Waals surface area contributed by atoms with Crippen LogP contribution in [0.3, 0.4) is 0 Å². The Morgan fingerprint density at radius 1 is 1.53 bits per heavy atom. The molecule has 0 radical (unpaired) electrons. The summed E-state index contributed by atoms with van der Waals surface area (Å²) in [6, 6.07) is 4.70. The van der Waals surface area contributed by atoms with Crippen LogP contribution in [0.1, 0.15) is 22.8 Å². The Kier molecular flexibility index (Phi) is 6.13. The molecule has 0 aliphatic rings. The Labute approximate surface area is 107 Å². The molecular weight excluding hydrogens is 243 g/mol. The van der Waals surface area contributed by atoms with Gasteiger partial charge in [-0.15, -0.1) is 12.4 Å². The van der Waals surface area contributed by atoms with E-state index in [1.807, 2.05) is 6.92 Å². The predicted molar refractivity (Wildman–Crippen MR) is 69.0 cm³/mol. The van der Waals surface area contributed by atoms with Gasteiger partial charge in [-0.2, -0.15) is 0 Å². The fourth-order valence-corrected chi connectivity index (χ4v) is 1.36. The number of carbonyl (C=O) groups excluding carboxylic acids is 1. The molecule has 2 N–H and O–H groups in total. The second kappa shape index (κ2) is 6.57. The lowest BCUT2D eigenvalue weighted by Crippen LogP contribution is -2.40. The van der Waals surface area contributed by atoms with Gasteiger partial charge in [-0.3, -0.25) is 4.79 Å². The van der Waals surface area contributed by atoms with E-state index in [4.69, 9.17) is 5.73 Å². The molecule has 0 aliphatic carbocycles. The first kappa shape index (κ1) is 15.9. The molecule has 0 aliphatic heterocycles. The number of hydrogen-bond donors (Lipinski definition) is 1. The van der Waals surface area contributed by atoms with Crippen LogP contribution in [0, 0.1) is 12.7 Å². The molecule has 0 aromatic heterocycles. The maximum absolute atomic E-state index is 13.7. The summed E-state index contributed by atoms with van der Waals surface area (Å²) in [5.74, 6) is -0.789. The van der Waals surface area contributed by atoms with Crippen LogP contribution in [0.2, 0.25) is 0 Å². The van der Waals surface area contributed by atoms with E-state index in [1.54, 1.807) is 26.1 Å². The van der Waals surface area contributed by atoms with E-state index in [1.165, 1.54) is 11.0 Å². The molecule has 3 nitrogen and oxygen atoms in total. The largest absolute Gasteiger partial charge is 0.338 e. The smallest absolute Gasteiger partial charge is 0.256 e. The molecule has 0 saturated carbocycles. The third-order valence-corrected chi connectivity index (χ3v) is 2.74. The molecule has 1 amide bonds. The number of rotatable bonds is 3. The minimum atomic E-state index is -0.455. The Balaban J connectivity index is 0.00000256. The van der Waals surface area contributed by atoms with Crippen molar-refractivity contribution in [3.63, 3.8) is 0 Å². The van der Waals surface area contributed by atoms with Crippen molar-refractivity contribution in [1.82, 2.24) is 4.90 Å². The van der Waals surface area contributed by atoms with Gasteiger partial charge in [-0.25, -0.2) is 4.39 Å². The Bertz CT molecular complexity index is 398. The van der Waals surface area contributed by atoms with Crippen LogP contribution in [-0.4, -0.2) is 30.4 Å². The maximum Gasteiger partial charge on any atom is 0.256 e. The first-order valence-electron chi connectivity index (χ1n) is 5.21. The van der Waals surface area contributed by atoms with Gasteiger partial charge in [0.25, 0.3) is 5.91 Å². The molecule has 0 fully saturated rings. The lowest BCUT2D eigenvalue weighted by Gasteiger charge is -2.24. The van der Waals surface area contributed by atoms with E-state index in [-0.39, 0.29) is 29.9 Å². The van der Waals surface area contributed by atoms with Gasteiger partial charge in [0.05, 0.1) is 5.56 Å². The van der Waals surface area contributed by atoms with Gasteiger partial charge in [0.2, 0.25) is 0 Å². The summed E-state index contributed by atoms with van der Waals surface area (Å²) in [6.07, 6.45) is 0. The van der Waals surface area contributed by atoms with Gasteiger partial charge in [-0.1, -0.05) is 12.1 Å². The minimum Gasteiger partial charge on any atom is -0.338 e. The number of carbonyl (C=O) groups is 1. The molecule has 0 spiro atoms. The monoisotopic (exact) mass is 260 g/mol. The molecule has 1 rings (SSSR count). The van der Waals surface area contributed by atoms with Crippen molar-refractivity contribution in [2.75, 3.05) is 13.6 Å². The third-order valence-electron chi connectivity index (χ3n) is 2.74. The minimum absolute atomic E-state index is 0. The van der Waals surface area contributed by atoms with E-state index in [2.05, 4.69) is 0 Å². The van der Waals surface area contributed by atoms with Crippen molar-refractivity contribution in [3.8, 4) is 0 Å². The van der Waals surface area contributed by atoms with Crippen LogP contribution in [0.5, 0.6) is 0 Å². The number of nitrogens with two attached hydrogens (primary N) is 1. The zero-order chi connectivity index (χ0) is 12.3. The van der Waals surface area contributed by atoms with Crippen molar-refractivity contribution in [2.24, 2.45) is 5.73 Å². The van der Waals surface area contributed by atoms with E-state index in [9.17, 15) is 9.18 Å². The molecule has 1 aromatic carbocycles. The summed E-state index contributed by atoms with van der Waals surface area (Å²) < 4.78 is 13.7. The van der Waals surface area contributed by atoms with Crippen molar-refractivity contribution in [3.05, 3.63) is 35.1 Å². The van der Waals surface area contributed by atoms with Crippen molar-refractivity contribution < 1.29 is 9.18 Å². The van der Waals surface area contributed by atoms with Gasteiger partial charge in [0.15, 0.2) is 0 Å². The molecule has 0 bridgehead atoms. The van der Waals surface area contributed by atoms with E-state index in [0.29, 0.717) is 12.1 Å². The number of benzene rings is 1. The molecule has 0 saturated heterocycles. The lowest BCUT2D eigenvalue weighted by atomic mass is 10.1. The number of halogens is 2. The summed E-state index contributed by atoms with van der Waals surface area (Å²) in [5.41, 5.74) is 6.04. The van der Waals surface area contributed by atoms with Gasteiger partial charge in [0, 0.05) is 19.6 Å². The topological polar surface area (TPSA) is 46.3 Å². The van der Waals surface area contributed by atoms with Gasteiger partial charge in [-0.05, 0) is 25.5 Å². The summed E-state index contributed by atoms with van der Waals surface area (Å²) in [4.78, 5) is 13.4. The quantitative estimate of drug-likeness (QED) is 0.903.